The Balaban J connectivity index is 1.91. The maximum absolute atomic E-state index is 12.5. The fourth-order valence-corrected chi connectivity index (χ4v) is 2.88. The molecular formula is C20H20O5. The third-order valence-corrected chi connectivity index (χ3v) is 3.97. The minimum atomic E-state index is -0.928. The van der Waals surface area contributed by atoms with Crippen LogP contribution in [-0.4, -0.2) is 30.3 Å². The molecule has 130 valence electrons. The van der Waals surface area contributed by atoms with Crippen molar-refractivity contribution in [3.05, 3.63) is 71.8 Å². The van der Waals surface area contributed by atoms with Gasteiger partial charge in [-0.1, -0.05) is 48.5 Å². The summed E-state index contributed by atoms with van der Waals surface area (Å²) in [5, 5.41) is 0. The third-order valence-electron chi connectivity index (χ3n) is 3.97. The Labute approximate surface area is 146 Å². The molecule has 0 radical (unpaired) electrons. The number of hydrogen-bond acceptors (Lipinski definition) is 5. The number of hydrogen-bond donors (Lipinski definition) is 0. The minimum absolute atomic E-state index is 0.434. The predicted molar refractivity (Wildman–Crippen MR) is 90.9 cm³/mol. The van der Waals surface area contributed by atoms with Crippen molar-refractivity contribution in [1.29, 1.82) is 0 Å². The molecule has 1 aliphatic heterocycles. The third kappa shape index (κ3) is 3.95. The van der Waals surface area contributed by atoms with Gasteiger partial charge >= 0.3 is 5.97 Å². The highest BCUT2D eigenvalue weighted by molar-refractivity contribution is 5.89. The standard InChI is InChI=1S/C20H20O5/c1-20(2)24-16(13-21)18(25-20)17(14-9-5-3-6-10-14)23-19(22)15-11-7-4-8-12-15/h3-13,16-18H,1-2H3/t16-,17-,18+/m1/s1. The molecule has 3 rings (SSSR count). The fraction of sp³-hybridized carbons (Fsp3) is 0.300. The van der Waals surface area contributed by atoms with Gasteiger partial charge in [0.15, 0.2) is 18.2 Å². The van der Waals surface area contributed by atoms with Crippen molar-refractivity contribution in [2.24, 2.45) is 0 Å². The first-order valence-corrected chi connectivity index (χ1v) is 8.12. The van der Waals surface area contributed by atoms with E-state index in [1.165, 1.54) is 0 Å². The highest BCUT2D eigenvalue weighted by Crippen LogP contribution is 2.37. The molecule has 3 atom stereocenters. The van der Waals surface area contributed by atoms with Crippen LogP contribution < -0.4 is 0 Å². The molecular weight excluding hydrogens is 320 g/mol. The zero-order valence-corrected chi connectivity index (χ0v) is 14.1. The second-order valence-corrected chi connectivity index (χ2v) is 6.30. The van der Waals surface area contributed by atoms with Crippen molar-refractivity contribution in [1.82, 2.24) is 0 Å². The molecule has 0 aromatic heterocycles. The molecule has 5 heteroatoms. The lowest BCUT2D eigenvalue weighted by Gasteiger charge is -2.25. The highest BCUT2D eigenvalue weighted by Gasteiger charge is 2.47. The van der Waals surface area contributed by atoms with Crippen LogP contribution in [0.2, 0.25) is 0 Å². The molecule has 1 saturated heterocycles. The summed E-state index contributed by atoms with van der Waals surface area (Å²) in [7, 11) is 0. The van der Waals surface area contributed by atoms with Gasteiger partial charge in [0.1, 0.15) is 12.2 Å². The first kappa shape index (κ1) is 17.3. The molecule has 2 aromatic rings. The lowest BCUT2D eigenvalue weighted by atomic mass is 10.0. The summed E-state index contributed by atoms with van der Waals surface area (Å²) < 4.78 is 17.2. The Kier molecular flexibility index (Phi) is 4.97. The van der Waals surface area contributed by atoms with Crippen LogP contribution in [0.4, 0.5) is 0 Å². The second-order valence-electron chi connectivity index (χ2n) is 6.30. The quantitative estimate of drug-likeness (QED) is 0.617. The van der Waals surface area contributed by atoms with Gasteiger partial charge in [-0.2, -0.15) is 0 Å². The molecule has 0 bridgehead atoms. The van der Waals surface area contributed by atoms with Crippen molar-refractivity contribution in [2.45, 2.75) is 37.9 Å². The number of aldehydes is 1. The molecule has 0 amide bonds. The van der Waals surface area contributed by atoms with E-state index in [2.05, 4.69) is 0 Å². The summed E-state index contributed by atoms with van der Waals surface area (Å²) in [5.41, 5.74) is 1.18. The van der Waals surface area contributed by atoms with Gasteiger partial charge in [-0.3, -0.25) is 0 Å². The Morgan fingerprint density at radius 3 is 2.24 bits per heavy atom. The van der Waals surface area contributed by atoms with E-state index in [0.717, 1.165) is 5.56 Å². The van der Waals surface area contributed by atoms with Gasteiger partial charge in [0, 0.05) is 0 Å². The number of esters is 1. The van der Waals surface area contributed by atoms with Crippen LogP contribution in [0.15, 0.2) is 60.7 Å². The Morgan fingerprint density at radius 2 is 1.64 bits per heavy atom. The highest BCUT2D eigenvalue weighted by atomic mass is 16.8. The maximum Gasteiger partial charge on any atom is 0.338 e. The molecule has 1 fully saturated rings. The zero-order chi connectivity index (χ0) is 17.9. The molecule has 25 heavy (non-hydrogen) atoms. The van der Waals surface area contributed by atoms with Crippen LogP contribution in [0, 0.1) is 0 Å². The number of benzene rings is 2. The van der Waals surface area contributed by atoms with Gasteiger partial charge in [-0.15, -0.1) is 0 Å². The lowest BCUT2D eigenvalue weighted by molar-refractivity contribution is -0.157. The topological polar surface area (TPSA) is 61.8 Å². The molecule has 0 unspecified atom stereocenters. The molecule has 5 nitrogen and oxygen atoms in total. The van der Waals surface area contributed by atoms with Gasteiger partial charge in [-0.05, 0) is 31.5 Å². The van der Waals surface area contributed by atoms with Crippen molar-refractivity contribution >= 4 is 12.3 Å². The largest absolute Gasteiger partial charge is 0.451 e. The average Bonchev–Trinajstić information content (AvgIpc) is 2.95. The number of rotatable bonds is 5. The first-order valence-electron chi connectivity index (χ1n) is 8.12. The molecule has 1 heterocycles. The normalized spacial score (nSPS) is 23.0. The van der Waals surface area contributed by atoms with Crippen LogP contribution in [0.3, 0.4) is 0 Å². The van der Waals surface area contributed by atoms with Gasteiger partial charge in [0.05, 0.1) is 5.56 Å². The zero-order valence-electron chi connectivity index (χ0n) is 14.1. The van der Waals surface area contributed by atoms with E-state index in [1.807, 2.05) is 36.4 Å². The van der Waals surface area contributed by atoms with Crippen LogP contribution in [0.5, 0.6) is 0 Å². The van der Waals surface area contributed by atoms with E-state index >= 15 is 0 Å². The number of carbonyl (C=O) groups is 2. The van der Waals surface area contributed by atoms with E-state index < -0.39 is 30.1 Å². The summed E-state index contributed by atoms with van der Waals surface area (Å²) in [6.07, 6.45) is -1.61. The van der Waals surface area contributed by atoms with E-state index in [0.29, 0.717) is 11.8 Å². The van der Waals surface area contributed by atoms with Crippen molar-refractivity contribution in [3.8, 4) is 0 Å². The van der Waals surface area contributed by atoms with Crippen molar-refractivity contribution in [3.63, 3.8) is 0 Å². The van der Waals surface area contributed by atoms with Crippen molar-refractivity contribution in [2.75, 3.05) is 0 Å². The summed E-state index contributed by atoms with van der Waals surface area (Å²) in [4.78, 5) is 24.0. The SMILES string of the molecule is CC1(C)O[C@H]([C@H](OC(=O)c2ccccc2)c2ccccc2)[C@@H](C=O)O1. The summed E-state index contributed by atoms with van der Waals surface area (Å²) in [6, 6.07) is 17.9. The number of carbonyl (C=O) groups excluding carboxylic acids is 2. The number of ether oxygens (including phenoxy) is 3. The smallest absolute Gasteiger partial charge is 0.338 e. The molecule has 2 aromatic carbocycles. The molecule has 1 aliphatic rings. The molecule has 0 saturated carbocycles. The predicted octanol–water partition coefficient (Wildman–Crippen LogP) is 3.30. The van der Waals surface area contributed by atoms with E-state index in [9.17, 15) is 9.59 Å². The average molecular weight is 340 g/mol. The monoisotopic (exact) mass is 340 g/mol. The van der Waals surface area contributed by atoms with Crippen molar-refractivity contribution < 1.29 is 23.8 Å². The molecule has 0 N–H and O–H groups in total. The van der Waals surface area contributed by atoms with Crippen LogP contribution in [0.1, 0.15) is 35.9 Å². The van der Waals surface area contributed by atoms with Crippen LogP contribution in [-0.2, 0) is 19.0 Å². The van der Waals surface area contributed by atoms with E-state index in [4.69, 9.17) is 14.2 Å². The minimum Gasteiger partial charge on any atom is -0.451 e. The van der Waals surface area contributed by atoms with Gasteiger partial charge in [0.25, 0.3) is 0 Å². The second kappa shape index (κ2) is 7.17. The van der Waals surface area contributed by atoms with Crippen LogP contribution >= 0.6 is 0 Å². The summed E-state index contributed by atoms with van der Waals surface area (Å²) in [5.74, 6) is -1.41. The molecule has 0 spiro atoms. The van der Waals surface area contributed by atoms with Gasteiger partial charge in [-0.25, -0.2) is 4.79 Å². The summed E-state index contributed by atoms with van der Waals surface area (Å²) in [6.45, 7) is 3.45. The van der Waals surface area contributed by atoms with E-state index in [-0.39, 0.29) is 0 Å². The lowest BCUT2D eigenvalue weighted by Crippen LogP contribution is -2.33. The fourth-order valence-electron chi connectivity index (χ4n) is 2.88. The Hall–Kier alpha value is -2.50. The summed E-state index contributed by atoms with van der Waals surface area (Å²) >= 11 is 0. The Bertz CT molecular complexity index is 726. The van der Waals surface area contributed by atoms with E-state index in [1.54, 1.807) is 38.1 Å². The maximum atomic E-state index is 12.5. The van der Waals surface area contributed by atoms with Gasteiger partial charge < -0.3 is 19.0 Å². The van der Waals surface area contributed by atoms with Gasteiger partial charge in [0.2, 0.25) is 0 Å². The molecule has 0 aliphatic carbocycles. The Morgan fingerprint density at radius 1 is 1.04 bits per heavy atom. The van der Waals surface area contributed by atoms with Crippen LogP contribution in [0.25, 0.3) is 0 Å². The first-order chi connectivity index (χ1) is 12.0.